The van der Waals surface area contributed by atoms with Crippen molar-refractivity contribution in [1.29, 1.82) is 0 Å². The van der Waals surface area contributed by atoms with Crippen molar-refractivity contribution in [2.45, 2.75) is 38.3 Å². The molecule has 5 rings (SSSR count). The third-order valence-electron chi connectivity index (χ3n) is 5.95. The fourth-order valence-electron chi connectivity index (χ4n) is 4.58. The van der Waals surface area contributed by atoms with Crippen LogP contribution >= 0.6 is 0 Å². The van der Waals surface area contributed by atoms with Crippen molar-refractivity contribution in [2.75, 3.05) is 0 Å². The summed E-state index contributed by atoms with van der Waals surface area (Å²) in [6.45, 7) is 0.328. The van der Waals surface area contributed by atoms with Gasteiger partial charge in [-0.05, 0) is 41.2 Å². The van der Waals surface area contributed by atoms with Crippen LogP contribution in [0.25, 0.3) is 11.1 Å². The van der Waals surface area contributed by atoms with E-state index in [2.05, 4.69) is 5.32 Å². The molecule has 2 aromatic rings. The highest BCUT2D eigenvalue weighted by atomic mass is 16.2. The number of imide groups is 1. The number of carbonyl (C=O) groups excluding carboxylic acids is 4. The Morgan fingerprint density at radius 2 is 1.46 bits per heavy atom. The van der Waals surface area contributed by atoms with Crippen LogP contribution < -0.4 is 5.32 Å². The van der Waals surface area contributed by atoms with Gasteiger partial charge in [0, 0.05) is 30.5 Å². The van der Waals surface area contributed by atoms with Gasteiger partial charge >= 0.3 is 0 Å². The summed E-state index contributed by atoms with van der Waals surface area (Å²) in [4.78, 5) is 50.4. The van der Waals surface area contributed by atoms with Crippen molar-refractivity contribution in [1.82, 2.24) is 10.2 Å². The first kappa shape index (κ1) is 16.9. The molecule has 6 heteroatoms. The van der Waals surface area contributed by atoms with Crippen molar-refractivity contribution in [3.63, 3.8) is 0 Å². The first-order valence-corrected chi connectivity index (χ1v) is 9.46. The summed E-state index contributed by atoms with van der Waals surface area (Å²) < 4.78 is 0. The van der Waals surface area contributed by atoms with Gasteiger partial charge in [-0.2, -0.15) is 0 Å². The second kappa shape index (κ2) is 6.12. The Morgan fingerprint density at radius 3 is 2.21 bits per heavy atom. The number of nitrogens with zero attached hydrogens (tertiary/aromatic N) is 1. The van der Waals surface area contributed by atoms with E-state index >= 15 is 0 Å². The van der Waals surface area contributed by atoms with Gasteiger partial charge in [0.15, 0.2) is 5.78 Å². The zero-order valence-electron chi connectivity index (χ0n) is 15.2. The first-order valence-electron chi connectivity index (χ1n) is 9.46. The summed E-state index contributed by atoms with van der Waals surface area (Å²) in [5, 5.41) is 2.33. The molecule has 0 bridgehead atoms. The van der Waals surface area contributed by atoms with E-state index in [0.717, 1.165) is 27.8 Å². The lowest BCUT2D eigenvalue weighted by atomic mass is 9.92. The van der Waals surface area contributed by atoms with Crippen molar-refractivity contribution >= 4 is 23.5 Å². The summed E-state index contributed by atoms with van der Waals surface area (Å²) in [6.07, 6.45) is 1.80. The van der Waals surface area contributed by atoms with E-state index in [-0.39, 0.29) is 24.0 Å². The first-order chi connectivity index (χ1) is 13.5. The van der Waals surface area contributed by atoms with Crippen LogP contribution in [0.2, 0.25) is 0 Å². The summed E-state index contributed by atoms with van der Waals surface area (Å²) >= 11 is 0. The fraction of sp³-hybridized carbons (Fsp3) is 0.273. The molecule has 0 saturated carbocycles. The van der Waals surface area contributed by atoms with Gasteiger partial charge in [0.2, 0.25) is 11.8 Å². The number of piperidine rings is 1. The number of rotatable bonds is 2. The third-order valence-corrected chi connectivity index (χ3v) is 5.95. The van der Waals surface area contributed by atoms with Crippen LogP contribution in [0, 0.1) is 0 Å². The zero-order valence-corrected chi connectivity index (χ0v) is 15.2. The van der Waals surface area contributed by atoms with Crippen molar-refractivity contribution in [3.8, 4) is 11.1 Å². The van der Waals surface area contributed by atoms with Crippen molar-refractivity contribution in [2.24, 2.45) is 0 Å². The van der Waals surface area contributed by atoms with Gasteiger partial charge < -0.3 is 4.90 Å². The Hall–Kier alpha value is -3.28. The highest BCUT2D eigenvalue weighted by Gasteiger charge is 2.40. The monoisotopic (exact) mass is 374 g/mol. The molecule has 3 amide bonds. The van der Waals surface area contributed by atoms with Gasteiger partial charge in [0.25, 0.3) is 5.91 Å². The lowest BCUT2D eigenvalue weighted by Gasteiger charge is -2.29. The number of nitrogens with one attached hydrogen (secondary N) is 1. The standard InChI is InChI=1S/C22H18N2O4/c25-19-9-7-14-12(3-1-5-15(14)19)13-4-2-6-16-17(13)11-24(22(16)28)18-8-10-20(26)23-21(18)27/h1-6,18H,7-11H2,(H,23,26,27). The molecule has 2 aliphatic heterocycles. The molecule has 2 aromatic carbocycles. The fourth-order valence-corrected chi connectivity index (χ4v) is 4.58. The maximum Gasteiger partial charge on any atom is 0.255 e. The molecule has 1 unspecified atom stereocenters. The molecule has 1 fully saturated rings. The number of hydrogen-bond donors (Lipinski definition) is 1. The number of Topliss-reactive ketones (excluding diaryl/α,β-unsaturated/α-hetero) is 1. The molecule has 2 heterocycles. The minimum absolute atomic E-state index is 0.158. The van der Waals surface area contributed by atoms with Gasteiger partial charge in [-0.25, -0.2) is 0 Å². The van der Waals surface area contributed by atoms with Crippen LogP contribution in [0.4, 0.5) is 0 Å². The van der Waals surface area contributed by atoms with Crippen LogP contribution in [0.5, 0.6) is 0 Å². The van der Waals surface area contributed by atoms with Gasteiger partial charge in [0.1, 0.15) is 6.04 Å². The molecule has 0 aromatic heterocycles. The minimum atomic E-state index is -0.631. The maximum absolute atomic E-state index is 13.0. The molecule has 0 spiro atoms. The van der Waals surface area contributed by atoms with E-state index in [1.54, 1.807) is 11.0 Å². The minimum Gasteiger partial charge on any atom is -0.322 e. The molecule has 140 valence electrons. The van der Waals surface area contributed by atoms with Crippen LogP contribution in [0.3, 0.4) is 0 Å². The second-order valence-corrected chi connectivity index (χ2v) is 7.49. The van der Waals surface area contributed by atoms with Crippen molar-refractivity contribution in [3.05, 3.63) is 58.7 Å². The largest absolute Gasteiger partial charge is 0.322 e. The van der Waals surface area contributed by atoms with Crippen molar-refractivity contribution < 1.29 is 19.2 Å². The molecule has 0 radical (unpaired) electrons. The SMILES string of the molecule is O=C1CCC(N2Cc3c(cccc3-c3cccc4c3CCC4=O)C2=O)C(=O)N1. The highest BCUT2D eigenvalue weighted by Crippen LogP contribution is 2.38. The molecule has 6 nitrogen and oxygen atoms in total. The Bertz CT molecular complexity index is 1070. The normalized spacial score (nSPS) is 21.0. The number of fused-ring (bicyclic) bond motifs is 2. The molecule has 1 atom stereocenters. The highest BCUT2D eigenvalue weighted by molar-refractivity contribution is 6.07. The summed E-state index contributed by atoms with van der Waals surface area (Å²) in [7, 11) is 0. The van der Waals surface area contributed by atoms with Crippen LogP contribution in [-0.4, -0.2) is 34.4 Å². The molecule has 3 aliphatic rings. The average Bonchev–Trinajstić information content (AvgIpc) is 3.23. The Kier molecular flexibility index (Phi) is 3.69. The maximum atomic E-state index is 13.0. The van der Waals surface area contributed by atoms with Crippen LogP contribution in [-0.2, 0) is 22.6 Å². The molecule has 1 saturated heterocycles. The number of ketones is 1. The Morgan fingerprint density at radius 1 is 0.786 bits per heavy atom. The average molecular weight is 374 g/mol. The number of benzene rings is 2. The number of carbonyl (C=O) groups is 4. The van der Waals surface area contributed by atoms with E-state index in [9.17, 15) is 19.2 Å². The topological polar surface area (TPSA) is 83.6 Å². The van der Waals surface area contributed by atoms with Crippen LogP contribution in [0.15, 0.2) is 36.4 Å². The Labute approximate surface area is 161 Å². The van der Waals surface area contributed by atoms with E-state index in [1.807, 2.05) is 30.3 Å². The molecule has 1 aliphatic carbocycles. The predicted molar refractivity (Wildman–Crippen MR) is 101 cm³/mol. The smallest absolute Gasteiger partial charge is 0.255 e. The molecule has 1 N–H and O–H groups in total. The van der Waals surface area contributed by atoms with Gasteiger partial charge in [-0.15, -0.1) is 0 Å². The summed E-state index contributed by atoms with van der Waals surface area (Å²) in [6, 6.07) is 10.7. The Balaban J connectivity index is 1.56. The quantitative estimate of drug-likeness (QED) is 0.817. The van der Waals surface area contributed by atoms with E-state index in [4.69, 9.17) is 0 Å². The number of hydrogen-bond acceptors (Lipinski definition) is 4. The molecule has 28 heavy (non-hydrogen) atoms. The van der Waals surface area contributed by atoms with Gasteiger partial charge in [0.05, 0.1) is 0 Å². The van der Waals surface area contributed by atoms with Gasteiger partial charge in [-0.1, -0.05) is 30.3 Å². The molecular weight excluding hydrogens is 356 g/mol. The summed E-state index contributed by atoms with van der Waals surface area (Å²) in [5.41, 5.74) is 5.19. The zero-order chi connectivity index (χ0) is 19.4. The lowest BCUT2D eigenvalue weighted by Crippen LogP contribution is -2.52. The number of amides is 3. The molecular formula is C22H18N2O4. The van der Waals surface area contributed by atoms with E-state index in [0.29, 0.717) is 31.4 Å². The predicted octanol–water partition coefficient (Wildman–Crippen LogP) is 2.24. The van der Waals surface area contributed by atoms with Gasteiger partial charge in [-0.3, -0.25) is 24.5 Å². The van der Waals surface area contributed by atoms with E-state index in [1.165, 1.54) is 0 Å². The lowest BCUT2D eigenvalue weighted by molar-refractivity contribution is -0.136. The third kappa shape index (κ3) is 2.41. The van der Waals surface area contributed by atoms with Crippen LogP contribution in [0.1, 0.15) is 51.1 Å². The summed E-state index contributed by atoms with van der Waals surface area (Å²) in [5.74, 6) is -0.735. The second-order valence-electron chi connectivity index (χ2n) is 7.49. The van der Waals surface area contributed by atoms with E-state index < -0.39 is 11.9 Å².